The number of rotatable bonds is 5. The van der Waals surface area contributed by atoms with Crippen molar-refractivity contribution in [2.45, 2.75) is 102 Å². The van der Waals surface area contributed by atoms with Crippen molar-refractivity contribution < 1.29 is 38.1 Å². The summed E-state index contributed by atoms with van der Waals surface area (Å²) in [6.45, 7) is 4.24. The molecule has 0 aromatic heterocycles. The van der Waals surface area contributed by atoms with E-state index in [1.54, 1.807) is 14.2 Å². The number of piperidine rings is 2. The Hall–Kier alpha value is -3.59. The van der Waals surface area contributed by atoms with Crippen molar-refractivity contribution in [3.8, 4) is 22.6 Å². The minimum atomic E-state index is -0.597. The summed E-state index contributed by atoms with van der Waals surface area (Å²) in [5.41, 5.74) is 3.96. The summed E-state index contributed by atoms with van der Waals surface area (Å²) < 4.78 is 29.2. The van der Waals surface area contributed by atoms with E-state index in [-0.39, 0.29) is 30.2 Å². The molecule has 5 rings (SSSR count). The van der Waals surface area contributed by atoms with Crippen molar-refractivity contribution in [1.82, 2.24) is 4.90 Å². The maximum atomic E-state index is 12.3. The molecule has 4 bridgehead atoms. The van der Waals surface area contributed by atoms with Gasteiger partial charge in [-0.3, -0.25) is 19.3 Å². The first-order valence-corrected chi connectivity index (χ1v) is 14.8. The molecule has 6 atom stereocenters. The predicted molar refractivity (Wildman–Crippen MR) is 155 cm³/mol. The first kappa shape index (κ1) is 29.9. The summed E-state index contributed by atoms with van der Waals surface area (Å²) in [5.74, 6) is 0.338. The van der Waals surface area contributed by atoms with Gasteiger partial charge in [0.05, 0.1) is 20.3 Å². The molecule has 0 aliphatic carbocycles. The Bertz CT molecular complexity index is 1330. The van der Waals surface area contributed by atoms with E-state index in [9.17, 15) is 14.4 Å². The third-order valence-corrected chi connectivity index (χ3v) is 8.81. The SMILES string of the molecule is COc1ccc2cc1-c1cc(ccc1OC)[C@H]1C[C@@H](OC(C)=O)[C@@H](OC(C)=O)[C@@H]3CCC[C@H](C[C@H](OC(C)=O)CC2)N13. The van der Waals surface area contributed by atoms with Crippen molar-refractivity contribution in [2.75, 3.05) is 14.2 Å². The Morgan fingerprint density at radius 3 is 2.10 bits per heavy atom. The van der Waals surface area contributed by atoms with Gasteiger partial charge in [-0.2, -0.15) is 0 Å². The normalized spacial score (nSPS) is 27.2. The zero-order chi connectivity index (χ0) is 30.0. The summed E-state index contributed by atoms with van der Waals surface area (Å²) in [6.07, 6.45) is 3.65. The number of methoxy groups -OCH3 is 2. The second kappa shape index (κ2) is 12.7. The van der Waals surface area contributed by atoms with E-state index in [1.807, 2.05) is 12.1 Å². The Labute approximate surface area is 247 Å². The first-order chi connectivity index (χ1) is 20.2. The lowest BCUT2D eigenvalue weighted by atomic mass is 9.78. The summed E-state index contributed by atoms with van der Waals surface area (Å²) >= 11 is 0. The molecule has 3 aliphatic heterocycles. The highest BCUT2D eigenvalue weighted by molar-refractivity contribution is 5.77. The maximum Gasteiger partial charge on any atom is 0.303 e. The Morgan fingerprint density at radius 1 is 0.762 bits per heavy atom. The molecule has 9 nitrogen and oxygen atoms in total. The van der Waals surface area contributed by atoms with Crippen LogP contribution in [0.3, 0.4) is 0 Å². The summed E-state index contributed by atoms with van der Waals surface area (Å²) in [6, 6.07) is 12.1. The van der Waals surface area contributed by atoms with E-state index >= 15 is 0 Å². The summed E-state index contributed by atoms with van der Waals surface area (Å²) in [7, 11) is 3.31. The van der Waals surface area contributed by atoms with Crippen LogP contribution in [-0.2, 0) is 35.0 Å². The third-order valence-electron chi connectivity index (χ3n) is 8.81. The number of hydrogen-bond acceptors (Lipinski definition) is 9. The van der Waals surface area contributed by atoms with E-state index in [2.05, 4.69) is 29.2 Å². The van der Waals surface area contributed by atoms with Crippen LogP contribution in [0.1, 0.15) is 76.5 Å². The van der Waals surface area contributed by atoms with Crippen molar-refractivity contribution in [2.24, 2.45) is 0 Å². The van der Waals surface area contributed by atoms with Crippen LogP contribution in [0.5, 0.6) is 11.5 Å². The lowest BCUT2D eigenvalue weighted by Gasteiger charge is -2.54. The average molecular weight is 580 g/mol. The van der Waals surface area contributed by atoms with Crippen LogP contribution in [0.4, 0.5) is 0 Å². The zero-order valence-corrected chi connectivity index (χ0v) is 25.1. The zero-order valence-electron chi connectivity index (χ0n) is 25.1. The van der Waals surface area contributed by atoms with Gasteiger partial charge in [0, 0.05) is 50.4 Å². The number of fused-ring (bicyclic) bond motifs is 6. The molecule has 3 aliphatic rings. The van der Waals surface area contributed by atoms with Gasteiger partial charge in [-0.05, 0) is 67.5 Å². The van der Waals surface area contributed by atoms with Crippen LogP contribution in [-0.4, -0.2) is 67.4 Å². The van der Waals surface area contributed by atoms with Gasteiger partial charge in [-0.25, -0.2) is 0 Å². The molecule has 0 spiro atoms. The van der Waals surface area contributed by atoms with E-state index in [4.69, 9.17) is 23.7 Å². The highest BCUT2D eigenvalue weighted by Crippen LogP contribution is 2.47. The number of aryl methyl sites for hydroxylation is 1. The third kappa shape index (κ3) is 6.26. The van der Waals surface area contributed by atoms with Crippen molar-refractivity contribution in [3.05, 3.63) is 47.5 Å². The number of hydrogen-bond donors (Lipinski definition) is 0. The van der Waals surface area contributed by atoms with E-state index in [0.29, 0.717) is 19.3 Å². The fourth-order valence-electron chi connectivity index (χ4n) is 7.25. The van der Waals surface area contributed by atoms with Crippen LogP contribution < -0.4 is 9.47 Å². The van der Waals surface area contributed by atoms with Gasteiger partial charge in [0.25, 0.3) is 0 Å². The molecule has 226 valence electrons. The van der Waals surface area contributed by atoms with E-state index < -0.39 is 24.1 Å². The smallest absolute Gasteiger partial charge is 0.303 e. The number of benzene rings is 2. The fraction of sp³-hybridized carbons (Fsp3) is 0.545. The molecule has 0 N–H and O–H groups in total. The second-order valence-electron chi connectivity index (χ2n) is 11.6. The molecule has 0 amide bonds. The molecule has 2 aromatic rings. The number of carbonyl (C=O) groups is 3. The van der Waals surface area contributed by atoms with Gasteiger partial charge in [-0.1, -0.05) is 18.6 Å². The predicted octanol–water partition coefficient (Wildman–Crippen LogP) is 5.17. The standard InChI is InChI=1S/C33H41NO8/c1-19(35)40-25-12-9-22-10-13-30(38-4)26(15-22)27-16-23(11-14-31(27)39-5)29-18-32(41-20(2)36)33(42-21(3)37)28-8-6-7-24(17-25)34(28)29/h10-11,13-16,24-25,28-29,32-33H,6-9,12,17-18H2,1-5H3/t24-,25-,28+,29-,32-,33+/m1/s1. The lowest BCUT2D eigenvalue weighted by molar-refractivity contribution is -0.192. The Morgan fingerprint density at radius 2 is 1.43 bits per heavy atom. The fourth-order valence-corrected chi connectivity index (χ4v) is 7.25. The van der Waals surface area contributed by atoms with Gasteiger partial charge in [0.1, 0.15) is 23.7 Å². The molecule has 2 aromatic carbocycles. The average Bonchev–Trinajstić information content (AvgIpc) is 2.95. The molecule has 0 saturated carbocycles. The van der Waals surface area contributed by atoms with Gasteiger partial charge in [0.2, 0.25) is 0 Å². The molecule has 9 heteroatoms. The largest absolute Gasteiger partial charge is 0.496 e. The summed E-state index contributed by atoms with van der Waals surface area (Å²) in [5, 5.41) is 0. The van der Waals surface area contributed by atoms with Crippen LogP contribution in [0.2, 0.25) is 0 Å². The van der Waals surface area contributed by atoms with Crippen LogP contribution >= 0.6 is 0 Å². The highest BCUT2D eigenvalue weighted by Gasteiger charge is 2.51. The first-order valence-electron chi connectivity index (χ1n) is 14.8. The number of carbonyl (C=O) groups excluding carboxylic acids is 3. The molecule has 42 heavy (non-hydrogen) atoms. The number of nitrogens with zero attached hydrogens (tertiary/aromatic N) is 1. The van der Waals surface area contributed by atoms with Crippen LogP contribution in [0.25, 0.3) is 11.1 Å². The van der Waals surface area contributed by atoms with Crippen LogP contribution in [0, 0.1) is 0 Å². The van der Waals surface area contributed by atoms with Crippen molar-refractivity contribution in [3.63, 3.8) is 0 Å². The molecule has 3 heterocycles. The Balaban J connectivity index is 1.69. The molecular formula is C33H41NO8. The van der Waals surface area contributed by atoms with E-state index in [0.717, 1.165) is 59.4 Å². The molecule has 0 unspecified atom stereocenters. The quantitative estimate of drug-likeness (QED) is 0.351. The number of ether oxygens (including phenoxy) is 5. The molecule has 2 fully saturated rings. The highest BCUT2D eigenvalue weighted by atomic mass is 16.6. The molecule has 2 saturated heterocycles. The maximum absolute atomic E-state index is 12.3. The number of esters is 3. The van der Waals surface area contributed by atoms with Crippen molar-refractivity contribution >= 4 is 17.9 Å². The minimum Gasteiger partial charge on any atom is -0.496 e. The van der Waals surface area contributed by atoms with Gasteiger partial charge < -0.3 is 23.7 Å². The monoisotopic (exact) mass is 579 g/mol. The topological polar surface area (TPSA) is 101 Å². The van der Waals surface area contributed by atoms with Gasteiger partial charge in [0.15, 0.2) is 6.10 Å². The van der Waals surface area contributed by atoms with Gasteiger partial charge >= 0.3 is 17.9 Å². The Kier molecular flexibility index (Phi) is 9.06. The van der Waals surface area contributed by atoms with Gasteiger partial charge in [-0.15, -0.1) is 0 Å². The second-order valence-corrected chi connectivity index (χ2v) is 11.6. The minimum absolute atomic E-state index is 0.0680. The van der Waals surface area contributed by atoms with Crippen molar-refractivity contribution in [1.29, 1.82) is 0 Å². The molecule has 0 radical (unpaired) electrons. The van der Waals surface area contributed by atoms with E-state index in [1.165, 1.54) is 20.8 Å². The molecular weight excluding hydrogens is 538 g/mol. The van der Waals surface area contributed by atoms with Crippen LogP contribution in [0.15, 0.2) is 36.4 Å². The summed E-state index contributed by atoms with van der Waals surface area (Å²) in [4.78, 5) is 39.2. The lowest BCUT2D eigenvalue weighted by Crippen LogP contribution is -2.62.